The minimum Gasteiger partial charge on any atom is -0.391 e. The van der Waals surface area contributed by atoms with Crippen molar-refractivity contribution in [3.8, 4) is 0 Å². The van der Waals surface area contributed by atoms with Crippen molar-refractivity contribution in [2.75, 3.05) is 0 Å². The molecule has 0 radical (unpaired) electrons. The van der Waals surface area contributed by atoms with E-state index in [1.54, 1.807) is 13.8 Å². The van der Waals surface area contributed by atoms with Crippen LogP contribution in [0.4, 0.5) is 8.78 Å². The van der Waals surface area contributed by atoms with Crippen LogP contribution in [0.2, 0.25) is 5.02 Å². The number of rotatable bonds is 3. The Bertz CT molecular complexity index is 520. The molecule has 0 bridgehead atoms. The van der Waals surface area contributed by atoms with E-state index in [9.17, 15) is 13.6 Å². The van der Waals surface area contributed by atoms with Gasteiger partial charge in [0.15, 0.2) is 0 Å². The molecule has 0 heterocycles. The molecular weight excluding hydrogens is 282 g/mol. The second-order valence-corrected chi connectivity index (χ2v) is 5.04. The molecule has 98 valence electrons. The summed E-state index contributed by atoms with van der Waals surface area (Å²) in [5.41, 5.74) is 3.95. The Morgan fingerprint density at radius 2 is 1.94 bits per heavy atom. The average molecular weight is 293 g/mol. The lowest BCUT2D eigenvalue weighted by Gasteiger charge is -2.24. The van der Waals surface area contributed by atoms with Crippen molar-refractivity contribution >= 4 is 34.7 Å². The van der Waals surface area contributed by atoms with E-state index in [1.165, 1.54) is 0 Å². The minimum atomic E-state index is -1.00. The van der Waals surface area contributed by atoms with Gasteiger partial charge in [0.1, 0.15) is 11.6 Å². The Labute approximate surface area is 113 Å². The zero-order valence-corrected chi connectivity index (χ0v) is 11.3. The van der Waals surface area contributed by atoms with Gasteiger partial charge in [-0.3, -0.25) is 4.79 Å². The fraction of sp³-hybridized carbons (Fsp3) is 0.273. The summed E-state index contributed by atoms with van der Waals surface area (Å²) in [7, 11) is 0. The Morgan fingerprint density at radius 1 is 1.39 bits per heavy atom. The number of hydrogen-bond acceptors (Lipinski definition) is 2. The van der Waals surface area contributed by atoms with E-state index in [4.69, 9.17) is 29.6 Å². The van der Waals surface area contributed by atoms with Crippen LogP contribution in [0.5, 0.6) is 0 Å². The van der Waals surface area contributed by atoms with Gasteiger partial charge in [-0.15, -0.1) is 0 Å². The highest BCUT2D eigenvalue weighted by Crippen LogP contribution is 2.19. The topological polar surface area (TPSA) is 55.1 Å². The Balaban J connectivity index is 3.06. The van der Waals surface area contributed by atoms with Gasteiger partial charge in [0.2, 0.25) is 0 Å². The molecule has 0 spiro atoms. The quantitative estimate of drug-likeness (QED) is 0.664. The third-order valence-corrected chi connectivity index (χ3v) is 3.10. The van der Waals surface area contributed by atoms with E-state index in [1.807, 2.05) is 0 Å². The molecule has 0 atom stereocenters. The molecule has 3 N–H and O–H groups in total. The van der Waals surface area contributed by atoms with Gasteiger partial charge in [-0.05, 0) is 26.0 Å². The highest BCUT2D eigenvalue weighted by Gasteiger charge is 2.26. The monoisotopic (exact) mass is 292 g/mol. The van der Waals surface area contributed by atoms with E-state index in [2.05, 4.69) is 5.32 Å². The molecule has 0 unspecified atom stereocenters. The zero-order valence-electron chi connectivity index (χ0n) is 9.68. The molecule has 1 aromatic rings. The molecule has 1 rings (SSSR count). The van der Waals surface area contributed by atoms with Crippen LogP contribution in [-0.2, 0) is 0 Å². The van der Waals surface area contributed by atoms with Crippen LogP contribution < -0.4 is 11.1 Å². The summed E-state index contributed by atoms with van der Waals surface area (Å²) in [6, 6.07) is 1.46. The van der Waals surface area contributed by atoms with Crippen molar-refractivity contribution in [3.05, 3.63) is 34.4 Å². The molecule has 0 aliphatic carbocycles. The lowest BCUT2D eigenvalue weighted by molar-refractivity contribution is 0.0927. The van der Waals surface area contributed by atoms with E-state index in [-0.39, 0.29) is 4.99 Å². The molecule has 18 heavy (non-hydrogen) atoms. The van der Waals surface area contributed by atoms with Crippen LogP contribution in [0.1, 0.15) is 24.2 Å². The second-order valence-electron chi connectivity index (χ2n) is 4.19. The number of halogens is 3. The van der Waals surface area contributed by atoms with E-state index in [0.29, 0.717) is 0 Å². The largest absolute Gasteiger partial charge is 0.391 e. The maximum Gasteiger partial charge on any atom is 0.255 e. The van der Waals surface area contributed by atoms with Gasteiger partial charge >= 0.3 is 0 Å². The molecule has 1 aromatic carbocycles. The summed E-state index contributed by atoms with van der Waals surface area (Å²) in [5, 5.41) is 2.01. The van der Waals surface area contributed by atoms with Crippen LogP contribution in [-0.4, -0.2) is 16.4 Å². The van der Waals surface area contributed by atoms with E-state index >= 15 is 0 Å². The maximum absolute atomic E-state index is 13.5. The summed E-state index contributed by atoms with van der Waals surface area (Å²) < 4.78 is 26.7. The fourth-order valence-corrected chi connectivity index (χ4v) is 1.31. The van der Waals surface area contributed by atoms with Gasteiger partial charge in [0.05, 0.1) is 21.1 Å². The van der Waals surface area contributed by atoms with Gasteiger partial charge in [-0.25, -0.2) is 8.78 Å². The van der Waals surface area contributed by atoms with Crippen LogP contribution in [0.3, 0.4) is 0 Å². The number of benzene rings is 1. The summed E-state index contributed by atoms with van der Waals surface area (Å²) >= 11 is 10.1. The summed E-state index contributed by atoms with van der Waals surface area (Å²) in [6.07, 6.45) is 0. The van der Waals surface area contributed by atoms with Crippen molar-refractivity contribution in [2.45, 2.75) is 19.4 Å². The summed E-state index contributed by atoms with van der Waals surface area (Å²) in [6.45, 7) is 3.11. The van der Waals surface area contributed by atoms with Gasteiger partial charge in [0, 0.05) is 0 Å². The first kappa shape index (κ1) is 14.8. The fourth-order valence-electron chi connectivity index (χ4n) is 1.11. The first-order valence-electron chi connectivity index (χ1n) is 4.92. The number of thiocarbonyl (C=S) groups is 1. The van der Waals surface area contributed by atoms with E-state index < -0.39 is 33.7 Å². The Kier molecular flexibility index (Phi) is 4.24. The average Bonchev–Trinajstić information content (AvgIpc) is 2.22. The van der Waals surface area contributed by atoms with Crippen LogP contribution in [0.15, 0.2) is 12.1 Å². The normalized spacial score (nSPS) is 11.2. The molecule has 0 fully saturated rings. The number of nitrogens with two attached hydrogens (primary N) is 1. The second kappa shape index (κ2) is 5.16. The van der Waals surface area contributed by atoms with E-state index in [0.717, 1.165) is 12.1 Å². The third-order valence-electron chi connectivity index (χ3n) is 2.30. The van der Waals surface area contributed by atoms with Crippen molar-refractivity contribution < 1.29 is 13.6 Å². The number of nitrogens with one attached hydrogen (secondary N) is 1. The summed E-state index contributed by atoms with van der Waals surface area (Å²) in [4.78, 5) is 11.8. The minimum absolute atomic E-state index is 0.0330. The van der Waals surface area contributed by atoms with Gasteiger partial charge < -0.3 is 11.1 Å². The number of hydrogen-bond donors (Lipinski definition) is 2. The molecule has 0 aromatic heterocycles. The molecule has 0 saturated heterocycles. The zero-order chi connectivity index (χ0) is 14.1. The predicted molar refractivity (Wildman–Crippen MR) is 69.7 cm³/mol. The van der Waals surface area contributed by atoms with Crippen LogP contribution in [0.25, 0.3) is 0 Å². The lowest BCUT2D eigenvalue weighted by atomic mass is 10.0. The number of carbonyl (C=O) groups excluding carboxylic acids is 1. The highest BCUT2D eigenvalue weighted by molar-refractivity contribution is 7.80. The Hall–Kier alpha value is -1.27. The highest BCUT2D eigenvalue weighted by atomic mass is 35.5. The van der Waals surface area contributed by atoms with Crippen molar-refractivity contribution in [3.63, 3.8) is 0 Å². The number of carbonyl (C=O) groups is 1. The van der Waals surface area contributed by atoms with Gasteiger partial charge in [0.25, 0.3) is 5.91 Å². The first-order valence-corrected chi connectivity index (χ1v) is 5.70. The standard InChI is InChI=1S/C11H11ClF2N2OS/c1-11(2,10(15)18)16-9(17)5-3-8(14)6(12)4-7(5)13/h3-4H,1-2H3,(H2,15,18)(H,16,17). The maximum atomic E-state index is 13.5. The van der Waals surface area contributed by atoms with Crippen LogP contribution in [0, 0.1) is 11.6 Å². The molecule has 0 saturated carbocycles. The van der Waals surface area contributed by atoms with Gasteiger partial charge in [-0.1, -0.05) is 23.8 Å². The molecule has 0 aliphatic rings. The SMILES string of the molecule is CC(C)(NC(=O)c1cc(F)c(Cl)cc1F)C(N)=S. The molecule has 3 nitrogen and oxygen atoms in total. The first-order chi connectivity index (χ1) is 8.15. The van der Waals surface area contributed by atoms with Crippen molar-refractivity contribution in [1.82, 2.24) is 5.32 Å². The molecule has 1 amide bonds. The third kappa shape index (κ3) is 3.14. The number of amides is 1. The smallest absolute Gasteiger partial charge is 0.255 e. The van der Waals surface area contributed by atoms with Gasteiger partial charge in [-0.2, -0.15) is 0 Å². The molecule has 7 heteroatoms. The van der Waals surface area contributed by atoms with Crippen LogP contribution >= 0.6 is 23.8 Å². The molecular formula is C11H11ClF2N2OS. The van der Waals surface area contributed by atoms with Crippen molar-refractivity contribution in [1.29, 1.82) is 0 Å². The Morgan fingerprint density at radius 3 is 2.44 bits per heavy atom. The lowest BCUT2D eigenvalue weighted by Crippen LogP contribution is -2.52. The summed E-state index contributed by atoms with van der Waals surface area (Å²) in [5.74, 6) is -2.62. The van der Waals surface area contributed by atoms with Crippen molar-refractivity contribution in [2.24, 2.45) is 5.73 Å². The predicted octanol–water partition coefficient (Wildman–Crippen LogP) is 2.41. The molecule has 0 aliphatic heterocycles.